The molecule has 1 amide bonds. The van der Waals surface area contributed by atoms with Crippen LogP contribution in [-0.4, -0.2) is 29.9 Å². The number of nitrogens with zero attached hydrogens (tertiary/aromatic N) is 2. The van der Waals surface area contributed by atoms with E-state index in [0.29, 0.717) is 24.3 Å². The van der Waals surface area contributed by atoms with E-state index in [1.807, 2.05) is 32.0 Å². The number of carbonyl (C=O) groups excluding carboxylic acids is 1. The number of nitrogens with one attached hydrogen (secondary N) is 1. The largest absolute Gasteiger partial charge is 0.493 e. The van der Waals surface area contributed by atoms with Crippen molar-refractivity contribution in [2.45, 2.75) is 32.7 Å². The smallest absolute Gasteiger partial charge is 0.220 e. The van der Waals surface area contributed by atoms with Gasteiger partial charge < -0.3 is 14.8 Å². The minimum Gasteiger partial charge on any atom is -0.493 e. The normalized spacial score (nSPS) is 11.8. The number of halogens is 1. The highest BCUT2D eigenvalue weighted by Gasteiger charge is 2.16. The van der Waals surface area contributed by atoms with Crippen molar-refractivity contribution in [1.29, 1.82) is 0 Å². The number of benzene rings is 2. The monoisotopic (exact) mass is 411 g/mol. The maximum atomic E-state index is 13.2. The van der Waals surface area contributed by atoms with Crippen LogP contribution in [0, 0.1) is 12.7 Å². The Morgan fingerprint density at radius 3 is 2.50 bits per heavy atom. The van der Waals surface area contributed by atoms with Crippen LogP contribution >= 0.6 is 0 Å². The highest BCUT2D eigenvalue weighted by atomic mass is 19.1. The Balaban J connectivity index is 1.61. The van der Waals surface area contributed by atoms with Crippen molar-refractivity contribution in [3.8, 4) is 17.2 Å². The molecular weight excluding hydrogens is 385 g/mol. The lowest BCUT2D eigenvalue weighted by Gasteiger charge is -2.15. The molecule has 1 heterocycles. The van der Waals surface area contributed by atoms with Gasteiger partial charge in [-0.1, -0.05) is 6.07 Å². The Hall–Kier alpha value is -3.35. The molecule has 158 valence electrons. The molecule has 2 aromatic carbocycles. The van der Waals surface area contributed by atoms with E-state index in [1.54, 1.807) is 37.2 Å². The summed E-state index contributed by atoms with van der Waals surface area (Å²) in [4.78, 5) is 12.5. The Morgan fingerprint density at radius 2 is 1.83 bits per heavy atom. The molecular formula is C23H26FN3O3. The molecule has 0 radical (unpaired) electrons. The number of methoxy groups -OCH3 is 2. The van der Waals surface area contributed by atoms with Gasteiger partial charge in [-0.3, -0.25) is 4.79 Å². The summed E-state index contributed by atoms with van der Waals surface area (Å²) in [6.45, 7) is 3.85. The standard InChI is InChI=1S/C23H26FN3O3/c1-15(20-14-25-27(16(20)2)19-9-7-18(24)8-10-19)26-23(28)12-6-17-5-11-21(29-3)22(13-17)30-4/h5,7-11,13-15H,6,12H2,1-4H3,(H,26,28). The predicted molar refractivity (Wildman–Crippen MR) is 113 cm³/mol. The number of amides is 1. The fourth-order valence-electron chi connectivity index (χ4n) is 3.38. The molecule has 6 nitrogen and oxygen atoms in total. The first-order chi connectivity index (χ1) is 14.4. The molecule has 0 aliphatic carbocycles. The summed E-state index contributed by atoms with van der Waals surface area (Å²) >= 11 is 0. The van der Waals surface area contributed by atoms with Crippen LogP contribution in [0.15, 0.2) is 48.7 Å². The van der Waals surface area contributed by atoms with Gasteiger partial charge in [-0.2, -0.15) is 5.10 Å². The lowest BCUT2D eigenvalue weighted by Crippen LogP contribution is -2.27. The molecule has 0 saturated carbocycles. The highest BCUT2D eigenvalue weighted by molar-refractivity contribution is 5.76. The van der Waals surface area contributed by atoms with E-state index in [0.717, 1.165) is 22.5 Å². The van der Waals surface area contributed by atoms with Gasteiger partial charge in [-0.25, -0.2) is 9.07 Å². The molecule has 0 bridgehead atoms. The molecule has 3 rings (SSSR count). The van der Waals surface area contributed by atoms with Gasteiger partial charge in [0.2, 0.25) is 5.91 Å². The summed E-state index contributed by atoms with van der Waals surface area (Å²) in [5.41, 5.74) is 3.58. The predicted octanol–water partition coefficient (Wildman–Crippen LogP) is 4.15. The third kappa shape index (κ3) is 4.79. The first kappa shape index (κ1) is 21.4. The van der Waals surface area contributed by atoms with Gasteiger partial charge in [0.15, 0.2) is 11.5 Å². The number of ether oxygens (including phenoxy) is 2. The third-order valence-electron chi connectivity index (χ3n) is 5.05. The topological polar surface area (TPSA) is 65.4 Å². The number of hydrogen-bond donors (Lipinski definition) is 1. The van der Waals surface area contributed by atoms with Crippen LogP contribution in [0.25, 0.3) is 5.69 Å². The second-order valence-electron chi connectivity index (χ2n) is 7.05. The van der Waals surface area contributed by atoms with Crippen molar-refractivity contribution in [3.63, 3.8) is 0 Å². The molecule has 0 aliphatic rings. The van der Waals surface area contributed by atoms with Gasteiger partial charge in [0.05, 0.1) is 32.1 Å². The average Bonchev–Trinajstić information content (AvgIpc) is 3.14. The van der Waals surface area contributed by atoms with E-state index in [4.69, 9.17) is 9.47 Å². The maximum Gasteiger partial charge on any atom is 0.220 e. The van der Waals surface area contributed by atoms with Crippen molar-refractivity contribution < 1.29 is 18.7 Å². The number of hydrogen-bond acceptors (Lipinski definition) is 4. The van der Waals surface area contributed by atoms with E-state index in [-0.39, 0.29) is 17.8 Å². The molecule has 0 aliphatic heterocycles. The first-order valence-electron chi connectivity index (χ1n) is 9.73. The van der Waals surface area contributed by atoms with Crippen LogP contribution in [0.3, 0.4) is 0 Å². The van der Waals surface area contributed by atoms with Crippen LogP contribution in [0.1, 0.15) is 36.2 Å². The minimum absolute atomic E-state index is 0.0498. The van der Waals surface area contributed by atoms with Crippen molar-refractivity contribution in [2.24, 2.45) is 0 Å². The molecule has 1 atom stereocenters. The van der Waals surface area contributed by atoms with Crippen molar-refractivity contribution in [1.82, 2.24) is 15.1 Å². The lowest BCUT2D eigenvalue weighted by molar-refractivity contribution is -0.121. The lowest BCUT2D eigenvalue weighted by atomic mass is 10.1. The maximum absolute atomic E-state index is 13.2. The molecule has 7 heteroatoms. The number of rotatable bonds is 8. The zero-order chi connectivity index (χ0) is 21.7. The zero-order valence-electron chi connectivity index (χ0n) is 17.6. The highest BCUT2D eigenvalue weighted by Crippen LogP contribution is 2.28. The molecule has 0 fully saturated rings. The first-order valence-corrected chi connectivity index (χ1v) is 9.73. The minimum atomic E-state index is -0.293. The SMILES string of the molecule is COc1ccc(CCC(=O)NC(C)c2cnn(-c3ccc(F)cc3)c2C)cc1OC. The van der Waals surface area contributed by atoms with Gasteiger partial charge in [0.25, 0.3) is 0 Å². The fourth-order valence-corrected chi connectivity index (χ4v) is 3.38. The van der Waals surface area contributed by atoms with Crippen LogP contribution < -0.4 is 14.8 Å². The van der Waals surface area contributed by atoms with Gasteiger partial charge in [-0.05, 0) is 62.2 Å². The summed E-state index contributed by atoms with van der Waals surface area (Å²) in [6, 6.07) is 11.6. The number of aryl methyl sites for hydroxylation is 1. The average molecular weight is 411 g/mol. The quantitative estimate of drug-likeness (QED) is 0.605. The summed E-state index contributed by atoms with van der Waals surface area (Å²) in [7, 11) is 3.18. The van der Waals surface area contributed by atoms with E-state index >= 15 is 0 Å². The Kier molecular flexibility index (Phi) is 6.72. The van der Waals surface area contributed by atoms with E-state index in [1.165, 1.54) is 12.1 Å². The summed E-state index contributed by atoms with van der Waals surface area (Å²) in [5.74, 6) is 0.964. The van der Waals surface area contributed by atoms with Crippen LogP contribution in [0.4, 0.5) is 4.39 Å². The van der Waals surface area contributed by atoms with Crippen molar-refractivity contribution in [3.05, 3.63) is 71.3 Å². The third-order valence-corrected chi connectivity index (χ3v) is 5.05. The van der Waals surface area contributed by atoms with E-state index in [2.05, 4.69) is 10.4 Å². The molecule has 3 aromatic rings. The van der Waals surface area contributed by atoms with E-state index in [9.17, 15) is 9.18 Å². The Morgan fingerprint density at radius 1 is 1.13 bits per heavy atom. The van der Waals surface area contributed by atoms with Crippen LogP contribution in [-0.2, 0) is 11.2 Å². The van der Waals surface area contributed by atoms with Gasteiger partial charge >= 0.3 is 0 Å². The van der Waals surface area contributed by atoms with Gasteiger partial charge in [0, 0.05) is 17.7 Å². The number of aromatic nitrogens is 2. The molecule has 0 spiro atoms. The molecule has 0 saturated heterocycles. The van der Waals surface area contributed by atoms with Gasteiger partial charge in [-0.15, -0.1) is 0 Å². The fraction of sp³-hybridized carbons (Fsp3) is 0.304. The summed E-state index contributed by atoms with van der Waals surface area (Å²) < 4.78 is 25.4. The Bertz CT molecular complexity index is 1020. The summed E-state index contributed by atoms with van der Waals surface area (Å²) in [6.07, 6.45) is 2.68. The Labute approximate surface area is 175 Å². The second kappa shape index (κ2) is 9.43. The molecule has 30 heavy (non-hydrogen) atoms. The number of carbonyl (C=O) groups is 1. The summed E-state index contributed by atoms with van der Waals surface area (Å²) in [5, 5.41) is 7.41. The van der Waals surface area contributed by atoms with Crippen molar-refractivity contribution >= 4 is 5.91 Å². The second-order valence-corrected chi connectivity index (χ2v) is 7.05. The van der Waals surface area contributed by atoms with Crippen LogP contribution in [0.2, 0.25) is 0 Å². The van der Waals surface area contributed by atoms with Crippen LogP contribution in [0.5, 0.6) is 11.5 Å². The molecule has 1 aromatic heterocycles. The zero-order valence-corrected chi connectivity index (χ0v) is 17.6. The van der Waals surface area contributed by atoms with Gasteiger partial charge in [0.1, 0.15) is 5.82 Å². The van der Waals surface area contributed by atoms with E-state index < -0.39 is 0 Å². The van der Waals surface area contributed by atoms with Crippen molar-refractivity contribution in [2.75, 3.05) is 14.2 Å². The molecule has 1 unspecified atom stereocenters. The molecule has 1 N–H and O–H groups in total.